The summed E-state index contributed by atoms with van der Waals surface area (Å²) in [6.45, 7) is 2.24. The van der Waals surface area contributed by atoms with Gasteiger partial charge in [0.25, 0.3) is 0 Å². The van der Waals surface area contributed by atoms with E-state index in [9.17, 15) is 13.2 Å². The number of rotatable bonds is 4. The highest BCUT2D eigenvalue weighted by Gasteiger charge is 2.39. The first kappa shape index (κ1) is 21.7. The molecule has 172 valence electrons. The summed E-state index contributed by atoms with van der Waals surface area (Å²) in [5.74, 6) is -0.0878. The Morgan fingerprint density at radius 2 is 1.76 bits per heavy atom. The topological polar surface area (TPSA) is 50.3 Å². The number of ether oxygens (including phenoxy) is 1. The summed E-state index contributed by atoms with van der Waals surface area (Å²) >= 11 is 0. The van der Waals surface area contributed by atoms with Crippen molar-refractivity contribution in [3.05, 3.63) is 66.5 Å². The molecule has 1 N–H and O–H groups in total. The van der Waals surface area contributed by atoms with Crippen LogP contribution in [0.4, 0.5) is 30.5 Å². The first-order valence-electron chi connectivity index (χ1n) is 11.2. The van der Waals surface area contributed by atoms with Crippen LogP contribution in [0.25, 0.3) is 11.1 Å². The number of hydrogen-bond acceptors (Lipinski definition) is 5. The minimum atomic E-state index is -4.53. The minimum absolute atomic E-state index is 0.0878. The molecular formula is C25H25F3N4O. The fourth-order valence-electron chi connectivity index (χ4n) is 4.76. The molecule has 5 nitrogen and oxygen atoms in total. The van der Waals surface area contributed by atoms with Gasteiger partial charge in [-0.3, -0.25) is 0 Å². The van der Waals surface area contributed by atoms with Gasteiger partial charge in [0.1, 0.15) is 5.69 Å². The largest absolute Gasteiger partial charge is 0.433 e. The standard InChI is InChI=1S/C25H25F3N4O/c26-25(27,28)22-8-11-29-23(31-22)30-20-14-19(18-6-2-1-3-7-18)15-21(16-20)32-12-13-33-24(17-32)9-4-5-10-24/h1-3,6-8,11,14-16H,4-5,9-10,12-13,17H2,(H,29,30,31). The number of halogens is 3. The first-order chi connectivity index (χ1) is 15.9. The maximum Gasteiger partial charge on any atom is 0.433 e. The predicted octanol–water partition coefficient (Wildman–Crippen LogP) is 6.06. The third-order valence-electron chi connectivity index (χ3n) is 6.36. The van der Waals surface area contributed by atoms with Crippen LogP contribution in [0, 0.1) is 0 Å². The van der Waals surface area contributed by atoms with Crippen LogP contribution >= 0.6 is 0 Å². The molecule has 0 bridgehead atoms. The molecule has 5 rings (SSSR count). The average molecular weight is 454 g/mol. The van der Waals surface area contributed by atoms with E-state index in [1.807, 2.05) is 42.5 Å². The molecule has 8 heteroatoms. The van der Waals surface area contributed by atoms with Gasteiger partial charge in [-0.05, 0) is 48.2 Å². The van der Waals surface area contributed by atoms with Crippen LogP contribution in [0.15, 0.2) is 60.8 Å². The van der Waals surface area contributed by atoms with Crippen molar-refractivity contribution in [2.75, 3.05) is 29.9 Å². The Balaban J connectivity index is 1.50. The van der Waals surface area contributed by atoms with E-state index in [0.717, 1.165) is 55.0 Å². The Hall–Kier alpha value is -3.13. The molecule has 0 atom stereocenters. The summed E-state index contributed by atoms with van der Waals surface area (Å²) in [5.41, 5.74) is 2.55. The third kappa shape index (κ3) is 4.80. The molecule has 2 aromatic carbocycles. The molecule has 1 spiro atoms. The van der Waals surface area contributed by atoms with Crippen LogP contribution in [-0.2, 0) is 10.9 Å². The van der Waals surface area contributed by atoms with Gasteiger partial charge in [0.05, 0.1) is 12.2 Å². The zero-order valence-electron chi connectivity index (χ0n) is 18.1. The smallest absolute Gasteiger partial charge is 0.371 e. The molecule has 1 saturated carbocycles. The number of anilines is 3. The molecule has 1 aromatic heterocycles. The van der Waals surface area contributed by atoms with Crippen LogP contribution in [-0.4, -0.2) is 35.3 Å². The maximum absolute atomic E-state index is 13.1. The lowest BCUT2D eigenvalue weighted by Crippen LogP contribution is -2.50. The summed E-state index contributed by atoms with van der Waals surface area (Å²) in [5, 5.41) is 2.99. The number of hydrogen-bond donors (Lipinski definition) is 1. The van der Waals surface area contributed by atoms with Crippen molar-refractivity contribution in [1.82, 2.24) is 9.97 Å². The van der Waals surface area contributed by atoms with Gasteiger partial charge in [-0.2, -0.15) is 13.2 Å². The molecule has 1 aliphatic heterocycles. The van der Waals surface area contributed by atoms with E-state index < -0.39 is 11.9 Å². The maximum atomic E-state index is 13.1. The highest BCUT2D eigenvalue weighted by molar-refractivity contribution is 5.76. The molecule has 2 aliphatic rings. The molecule has 1 aliphatic carbocycles. The van der Waals surface area contributed by atoms with E-state index in [-0.39, 0.29) is 11.5 Å². The Morgan fingerprint density at radius 3 is 2.52 bits per heavy atom. The van der Waals surface area contributed by atoms with Gasteiger partial charge in [-0.25, -0.2) is 9.97 Å². The van der Waals surface area contributed by atoms with Crippen molar-refractivity contribution < 1.29 is 17.9 Å². The van der Waals surface area contributed by atoms with Gasteiger partial charge in [0.15, 0.2) is 0 Å². The Bertz CT molecular complexity index is 1110. The van der Waals surface area contributed by atoms with Crippen LogP contribution in [0.3, 0.4) is 0 Å². The van der Waals surface area contributed by atoms with Crippen molar-refractivity contribution in [3.63, 3.8) is 0 Å². The highest BCUT2D eigenvalue weighted by Crippen LogP contribution is 2.39. The third-order valence-corrected chi connectivity index (χ3v) is 6.36. The van der Waals surface area contributed by atoms with Gasteiger partial charge in [0, 0.05) is 30.7 Å². The minimum Gasteiger partial charge on any atom is -0.371 e. The van der Waals surface area contributed by atoms with E-state index in [1.165, 1.54) is 12.8 Å². The molecule has 0 amide bonds. The van der Waals surface area contributed by atoms with Gasteiger partial charge in [0.2, 0.25) is 5.95 Å². The monoisotopic (exact) mass is 454 g/mol. The fourth-order valence-corrected chi connectivity index (χ4v) is 4.76. The number of nitrogens with zero attached hydrogens (tertiary/aromatic N) is 3. The predicted molar refractivity (Wildman–Crippen MR) is 122 cm³/mol. The van der Waals surface area contributed by atoms with Crippen molar-refractivity contribution >= 4 is 17.3 Å². The Labute approximate surface area is 190 Å². The van der Waals surface area contributed by atoms with Crippen LogP contribution in [0.5, 0.6) is 0 Å². The molecule has 0 unspecified atom stereocenters. The second kappa shape index (κ2) is 8.67. The lowest BCUT2D eigenvalue weighted by molar-refractivity contribution is -0.141. The molecule has 0 radical (unpaired) electrons. The van der Waals surface area contributed by atoms with Crippen molar-refractivity contribution in [3.8, 4) is 11.1 Å². The molecule has 2 fully saturated rings. The second-order valence-corrected chi connectivity index (χ2v) is 8.68. The average Bonchev–Trinajstić information content (AvgIpc) is 3.26. The Morgan fingerprint density at radius 1 is 0.970 bits per heavy atom. The summed E-state index contributed by atoms with van der Waals surface area (Å²) in [4.78, 5) is 9.97. The number of alkyl halides is 3. The summed E-state index contributed by atoms with van der Waals surface area (Å²) in [6.07, 6.45) is 1.07. The highest BCUT2D eigenvalue weighted by atomic mass is 19.4. The number of benzene rings is 2. The molecule has 2 heterocycles. The number of morpholine rings is 1. The number of aromatic nitrogens is 2. The van der Waals surface area contributed by atoms with E-state index in [1.54, 1.807) is 0 Å². The van der Waals surface area contributed by atoms with Crippen LogP contribution in [0.1, 0.15) is 31.4 Å². The summed E-state index contributed by atoms with van der Waals surface area (Å²) in [7, 11) is 0. The summed E-state index contributed by atoms with van der Waals surface area (Å²) in [6, 6.07) is 16.8. The Kier molecular flexibility index (Phi) is 5.70. The lowest BCUT2D eigenvalue weighted by atomic mass is 9.98. The van der Waals surface area contributed by atoms with E-state index >= 15 is 0 Å². The van der Waals surface area contributed by atoms with Crippen LogP contribution < -0.4 is 10.2 Å². The first-order valence-corrected chi connectivity index (χ1v) is 11.2. The molecule has 1 saturated heterocycles. The van der Waals surface area contributed by atoms with Crippen molar-refractivity contribution in [2.24, 2.45) is 0 Å². The van der Waals surface area contributed by atoms with Gasteiger partial charge < -0.3 is 15.0 Å². The molecule has 3 aromatic rings. The fraction of sp³-hybridized carbons (Fsp3) is 0.360. The SMILES string of the molecule is FC(F)(F)c1ccnc(Nc2cc(-c3ccccc3)cc(N3CCOC4(CCCC4)C3)c2)n1. The molecule has 33 heavy (non-hydrogen) atoms. The summed E-state index contributed by atoms with van der Waals surface area (Å²) < 4.78 is 45.5. The van der Waals surface area contributed by atoms with Gasteiger partial charge >= 0.3 is 6.18 Å². The van der Waals surface area contributed by atoms with Gasteiger partial charge in [-0.15, -0.1) is 0 Å². The van der Waals surface area contributed by atoms with E-state index in [0.29, 0.717) is 12.3 Å². The van der Waals surface area contributed by atoms with Crippen molar-refractivity contribution in [1.29, 1.82) is 0 Å². The van der Waals surface area contributed by atoms with Crippen LogP contribution in [0.2, 0.25) is 0 Å². The van der Waals surface area contributed by atoms with Gasteiger partial charge in [-0.1, -0.05) is 43.2 Å². The molecular weight excluding hydrogens is 429 g/mol. The van der Waals surface area contributed by atoms with E-state index in [2.05, 4.69) is 26.3 Å². The normalized spacial score (nSPS) is 18.0. The van der Waals surface area contributed by atoms with E-state index in [4.69, 9.17) is 4.74 Å². The zero-order valence-corrected chi connectivity index (χ0v) is 18.1. The zero-order chi connectivity index (χ0) is 22.9. The number of nitrogens with one attached hydrogen (secondary N) is 1. The lowest BCUT2D eigenvalue weighted by Gasteiger charge is -2.42. The second-order valence-electron chi connectivity index (χ2n) is 8.68. The quantitative estimate of drug-likeness (QED) is 0.520. The van der Waals surface area contributed by atoms with Crippen molar-refractivity contribution in [2.45, 2.75) is 37.5 Å².